The lowest BCUT2D eigenvalue weighted by Crippen LogP contribution is -2.41. The summed E-state index contributed by atoms with van der Waals surface area (Å²) >= 11 is 0. The lowest BCUT2D eigenvalue weighted by molar-refractivity contribution is -0.136. The topological polar surface area (TPSA) is 101 Å². The molecule has 0 saturated heterocycles. The molecule has 2 N–H and O–H groups in total. The van der Waals surface area contributed by atoms with Crippen LogP contribution in [0.15, 0.2) is 4.79 Å². The van der Waals surface area contributed by atoms with E-state index in [4.69, 9.17) is 5.11 Å². The second-order valence-corrected chi connectivity index (χ2v) is 5.32. The first-order chi connectivity index (χ1) is 9.65. The molecule has 0 saturated carbocycles. The van der Waals surface area contributed by atoms with Gasteiger partial charge in [0, 0.05) is 23.0 Å². The zero-order valence-corrected chi connectivity index (χ0v) is 12.9. The molecule has 21 heavy (non-hydrogen) atoms. The van der Waals surface area contributed by atoms with E-state index in [1.807, 2.05) is 13.8 Å². The molecule has 1 rings (SSSR count). The van der Waals surface area contributed by atoms with Crippen LogP contribution in [0.2, 0.25) is 0 Å². The minimum absolute atomic E-state index is 0.0483. The van der Waals surface area contributed by atoms with E-state index in [-0.39, 0.29) is 18.4 Å². The molecule has 0 fully saturated rings. The summed E-state index contributed by atoms with van der Waals surface area (Å²) in [6.45, 7) is 8.46. The van der Waals surface area contributed by atoms with Crippen molar-refractivity contribution in [3.05, 3.63) is 27.4 Å². The zero-order chi connectivity index (χ0) is 16.3. The van der Waals surface area contributed by atoms with Crippen LogP contribution in [-0.2, 0) is 16.0 Å². The van der Waals surface area contributed by atoms with Gasteiger partial charge in [-0.1, -0.05) is 0 Å². The highest BCUT2D eigenvalue weighted by molar-refractivity contribution is 5.80. The number of aliphatic carboxylic acids is 1. The number of hydrogen-bond acceptors (Lipinski definition) is 4. The summed E-state index contributed by atoms with van der Waals surface area (Å²) in [4.78, 5) is 38.9. The first-order valence-corrected chi connectivity index (χ1v) is 6.76. The summed E-state index contributed by atoms with van der Waals surface area (Å²) in [6, 6.07) is -0.798. The third-order valence-corrected chi connectivity index (χ3v) is 3.23. The third-order valence-electron chi connectivity index (χ3n) is 3.23. The summed E-state index contributed by atoms with van der Waals surface area (Å²) in [5, 5.41) is 11.7. The van der Waals surface area contributed by atoms with Crippen molar-refractivity contribution >= 4 is 11.9 Å². The number of carboxylic acid groups (broad SMARTS) is 1. The van der Waals surface area contributed by atoms with Crippen LogP contribution < -0.4 is 11.0 Å². The predicted octanol–water partition coefficient (Wildman–Crippen LogP) is 0.573. The van der Waals surface area contributed by atoms with Gasteiger partial charge in [0.2, 0.25) is 5.91 Å². The van der Waals surface area contributed by atoms with Crippen LogP contribution in [0.1, 0.15) is 43.8 Å². The van der Waals surface area contributed by atoms with Crippen molar-refractivity contribution in [3.63, 3.8) is 0 Å². The van der Waals surface area contributed by atoms with Gasteiger partial charge >= 0.3 is 11.7 Å². The lowest BCUT2D eigenvalue weighted by atomic mass is 10.1. The first kappa shape index (κ1) is 16.9. The minimum atomic E-state index is -1.01. The van der Waals surface area contributed by atoms with Gasteiger partial charge in [-0.3, -0.25) is 14.2 Å². The maximum absolute atomic E-state index is 12.1. The van der Waals surface area contributed by atoms with Gasteiger partial charge in [-0.25, -0.2) is 4.79 Å². The van der Waals surface area contributed by atoms with Crippen LogP contribution in [0.4, 0.5) is 0 Å². The fraction of sp³-hybridized carbons (Fsp3) is 0.571. The van der Waals surface area contributed by atoms with E-state index in [0.717, 1.165) is 0 Å². The number of aromatic nitrogens is 2. The zero-order valence-electron chi connectivity index (χ0n) is 12.9. The van der Waals surface area contributed by atoms with Crippen LogP contribution in [-0.4, -0.2) is 32.6 Å². The molecule has 1 atom stereocenters. The Kier molecular flexibility index (Phi) is 5.23. The molecule has 0 bridgehead atoms. The number of amides is 1. The highest BCUT2D eigenvalue weighted by atomic mass is 16.4. The molecule has 0 aliphatic carbocycles. The van der Waals surface area contributed by atoms with Crippen LogP contribution in [0.25, 0.3) is 0 Å². The van der Waals surface area contributed by atoms with Crippen molar-refractivity contribution in [2.45, 2.75) is 53.1 Å². The number of hydrogen-bond donors (Lipinski definition) is 2. The molecule has 0 aliphatic heterocycles. The number of carbonyl (C=O) groups is 2. The molecule has 0 aromatic carbocycles. The normalized spacial score (nSPS) is 12.3. The predicted molar refractivity (Wildman–Crippen MR) is 77.3 cm³/mol. The van der Waals surface area contributed by atoms with E-state index in [1.54, 1.807) is 20.8 Å². The number of rotatable bonds is 5. The molecule has 1 heterocycles. The van der Waals surface area contributed by atoms with Crippen molar-refractivity contribution < 1.29 is 14.7 Å². The smallest absolute Gasteiger partial charge is 0.348 e. The molecule has 7 nitrogen and oxygen atoms in total. The van der Waals surface area contributed by atoms with E-state index in [9.17, 15) is 14.4 Å². The maximum Gasteiger partial charge on any atom is 0.348 e. The number of nitrogens with zero attached hydrogens (tertiary/aromatic N) is 2. The second-order valence-electron chi connectivity index (χ2n) is 5.32. The van der Waals surface area contributed by atoms with E-state index >= 15 is 0 Å². The Balaban J connectivity index is 3.32. The van der Waals surface area contributed by atoms with E-state index in [0.29, 0.717) is 17.0 Å². The standard InChI is InChI=1S/C14H21N3O4/c1-7(2)15-13(20)10(5)17-9(4)11(6-12(18)19)8(3)16-14(17)21/h7,10H,6H2,1-5H3,(H,15,20)(H,18,19). The third kappa shape index (κ3) is 3.90. The molecular formula is C14H21N3O4. The van der Waals surface area contributed by atoms with Crippen molar-refractivity contribution in [1.29, 1.82) is 0 Å². The number of carbonyl (C=O) groups excluding carboxylic acids is 1. The van der Waals surface area contributed by atoms with Gasteiger partial charge in [0.25, 0.3) is 0 Å². The SMILES string of the molecule is Cc1nc(=O)n(C(C)C(=O)NC(C)C)c(C)c1CC(=O)O. The Labute approximate surface area is 123 Å². The van der Waals surface area contributed by atoms with Crippen LogP contribution >= 0.6 is 0 Å². The molecule has 1 aromatic heterocycles. The quantitative estimate of drug-likeness (QED) is 0.827. The molecule has 0 radical (unpaired) electrons. The molecule has 116 valence electrons. The Morgan fingerprint density at radius 1 is 1.29 bits per heavy atom. The Bertz CT molecular complexity index is 619. The highest BCUT2D eigenvalue weighted by Crippen LogP contribution is 2.14. The summed E-state index contributed by atoms with van der Waals surface area (Å²) in [5.74, 6) is -1.31. The molecule has 1 aromatic rings. The average Bonchev–Trinajstić information content (AvgIpc) is 2.32. The van der Waals surface area contributed by atoms with Gasteiger partial charge in [0.15, 0.2) is 0 Å². The van der Waals surface area contributed by atoms with Gasteiger partial charge in [0.05, 0.1) is 6.42 Å². The molecular weight excluding hydrogens is 274 g/mol. The summed E-state index contributed by atoms with van der Waals surface area (Å²) in [7, 11) is 0. The summed E-state index contributed by atoms with van der Waals surface area (Å²) in [5.41, 5.74) is 0.755. The molecule has 7 heteroatoms. The number of aryl methyl sites for hydroxylation is 1. The van der Waals surface area contributed by atoms with Crippen molar-refractivity contribution in [1.82, 2.24) is 14.9 Å². The maximum atomic E-state index is 12.1. The number of nitrogens with one attached hydrogen (secondary N) is 1. The molecule has 1 amide bonds. The van der Waals surface area contributed by atoms with E-state index in [2.05, 4.69) is 10.3 Å². The van der Waals surface area contributed by atoms with E-state index in [1.165, 1.54) is 4.57 Å². The van der Waals surface area contributed by atoms with Gasteiger partial charge < -0.3 is 10.4 Å². The minimum Gasteiger partial charge on any atom is -0.481 e. The Morgan fingerprint density at radius 3 is 2.33 bits per heavy atom. The second kappa shape index (κ2) is 6.51. The Hall–Kier alpha value is -2.18. The fourth-order valence-corrected chi connectivity index (χ4v) is 2.20. The van der Waals surface area contributed by atoms with Gasteiger partial charge in [0.1, 0.15) is 6.04 Å². The molecule has 0 aliphatic rings. The monoisotopic (exact) mass is 295 g/mol. The average molecular weight is 295 g/mol. The van der Waals surface area contributed by atoms with Crippen molar-refractivity contribution in [2.24, 2.45) is 0 Å². The van der Waals surface area contributed by atoms with Crippen LogP contribution in [0, 0.1) is 13.8 Å². The number of carboxylic acids is 1. The largest absolute Gasteiger partial charge is 0.481 e. The lowest BCUT2D eigenvalue weighted by Gasteiger charge is -2.21. The van der Waals surface area contributed by atoms with Gasteiger partial charge in [-0.15, -0.1) is 0 Å². The van der Waals surface area contributed by atoms with Gasteiger partial charge in [-0.05, 0) is 34.6 Å². The van der Waals surface area contributed by atoms with Gasteiger partial charge in [-0.2, -0.15) is 4.98 Å². The van der Waals surface area contributed by atoms with Crippen molar-refractivity contribution in [3.8, 4) is 0 Å². The summed E-state index contributed by atoms with van der Waals surface area (Å²) < 4.78 is 1.24. The van der Waals surface area contributed by atoms with E-state index < -0.39 is 17.7 Å². The fourth-order valence-electron chi connectivity index (χ4n) is 2.20. The molecule has 0 spiro atoms. The first-order valence-electron chi connectivity index (χ1n) is 6.76. The molecule has 1 unspecified atom stereocenters. The van der Waals surface area contributed by atoms with Crippen LogP contribution in [0.3, 0.4) is 0 Å². The highest BCUT2D eigenvalue weighted by Gasteiger charge is 2.22. The van der Waals surface area contributed by atoms with Crippen molar-refractivity contribution in [2.75, 3.05) is 0 Å². The van der Waals surface area contributed by atoms with Crippen LogP contribution in [0.5, 0.6) is 0 Å². The summed E-state index contributed by atoms with van der Waals surface area (Å²) in [6.07, 6.45) is -0.233. The Morgan fingerprint density at radius 2 is 1.86 bits per heavy atom.